The first-order valence-corrected chi connectivity index (χ1v) is 13.3. The maximum Gasteiger partial charge on any atom is 0.262 e. The van der Waals surface area contributed by atoms with Crippen molar-refractivity contribution < 1.29 is 39.8 Å². The fourth-order valence-electron chi connectivity index (χ4n) is 6.07. The number of ether oxygens (including phenoxy) is 1. The van der Waals surface area contributed by atoms with Gasteiger partial charge in [-0.1, -0.05) is 24.9 Å². The molecule has 41 heavy (non-hydrogen) atoms. The molecule has 214 valence electrons. The Hall–Kier alpha value is -4.03. The highest BCUT2D eigenvalue weighted by atomic mass is 35.5. The highest BCUT2D eigenvalue weighted by Crippen LogP contribution is 2.52. The zero-order valence-electron chi connectivity index (χ0n) is 22.1. The van der Waals surface area contributed by atoms with E-state index in [1.165, 1.54) is 30.9 Å². The van der Waals surface area contributed by atoms with E-state index >= 15 is 0 Å². The number of aliphatic hydroxyl groups excluding tert-OH is 3. The van der Waals surface area contributed by atoms with Crippen molar-refractivity contribution in [1.29, 1.82) is 0 Å². The summed E-state index contributed by atoms with van der Waals surface area (Å²) in [6.45, 7) is 1.91. The molecule has 0 fully saturated rings. The van der Waals surface area contributed by atoms with E-state index in [4.69, 9.17) is 20.8 Å². The van der Waals surface area contributed by atoms with Crippen molar-refractivity contribution >= 4 is 54.9 Å². The zero-order valence-corrected chi connectivity index (χ0v) is 22.9. The summed E-state index contributed by atoms with van der Waals surface area (Å²) in [5, 5.41) is 65.0. The second kappa shape index (κ2) is 9.25. The SMILES string of the molecule is CCCc1c(Cl)c2c(O)c3ccc4c(OC)c5oc6c(c(=O)c5c(O)c4c3c(O)c2c(=O)n1C)[C@@H](O)[C@@H](O)C[C@@H]6O. The molecular formula is C29H26ClNO10. The van der Waals surface area contributed by atoms with E-state index in [9.17, 15) is 40.2 Å². The van der Waals surface area contributed by atoms with Crippen LogP contribution in [0, 0.1) is 0 Å². The molecule has 0 unspecified atom stereocenters. The molecule has 3 atom stereocenters. The Morgan fingerprint density at radius 2 is 1.61 bits per heavy atom. The van der Waals surface area contributed by atoms with Gasteiger partial charge in [-0.25, -0.2) is 0 Å². The van der Waals surface area contributed by atoms with Gasteiger partial charge in [-0.15, -0.1) is 0 Å². The molecule has 11 nitrogen and oxygen atoms in total. The Bertz CT molecular complexity index is 2080. The first-order chi connectivity index (χ1) is 19.5. The van der Waals surface area contributed by atoms with Crippen LogP contribution >= 0.6 is 11.6 Å². The van der Waals surface area contributed by atoms with Gasteiger partial charge in [-0.3, -0.25) is 9.59 Å². The quantitative estimate of drug-likeness (QED) is 0.104. The number of methoxy groups -OCH3 is 1. The van der Waals surface area contributed by atoms with E-state index in [0.29, 0.717) is 18.5 Å². The fraction of sp³-hybridized carbons (Fsp3) is 0.310. The molecule has 0 saturated heterocycles. The van der Waals surface area contributed by atoms with Crippen molar-refractivity contribution in [2.24, 2.45) is 7.05 Å². The Morgan fingerprint density at radius 1 is 0.976 bits per heavy atom. The van der Waals surface area contributed by atoms with Crippen LogP contribution < -0.4 is 15.7 Å². The van der Waals surface area contributed by atoms with Gasteiger partial charge in [0, 0.05) is 40.7 Å². The maximum atomic E-state index is 13.7. The van der Waals surface area contributed by atoms with Gasteiger partial charge >= 0.3 is 0 Å². The number of rotatable bonds is 3. The van der Waals surface area contributed by atoms with Crippen LogP contribution in [0.3, 0.4) is 0 Å². The zero-order chi connectivity index (χ0) is 29.7. The molecule has 0 saturated carbocycles. The maximum absolute atomic E-state index is 13.7. The number of aromatic nitrogens is 1. The van der Waals surface area contributed by atoms with Gasteiger partial charge in [-0.05, 0) is 18.6 Å². The average molecular weight is 584 g/mol. The van der Waals surface area contributed by atoms with Gasteiger partial charge in [0.2, 0.25) is 5.43 Å². The number of nitrogens with zero attached hydrogens (tertiary/aromatic N) is 1. The van der Waals surface area contributed by atoms with E-state index in [-0.39, 0.29) is 60.9 Å². The van der Waals surface area contributed by atoms with E-state index in [0.717, 1.165) is 0 Å². The second-order valence-corrected chi connectivity index (χ2v) is 10.7. The van der Waals surface area contributed by atoms with Gasteiger partial charge in [0.1, 0.15) is 40.6 Å². The second-order valence-electron chi connectivity index (χ2n) is 10.3. The van der Waals surface area contributed by atoms with Crippen LogP contribution in [0.2, 0.25) is 5.02 Å². The molecule has 2 heterocycles. The third-order valence-electron chi connectivity index (χ3n) is 8.04. The highest BCUT2D eigenvalue weighted by Gasteiger charge is 2.38. The van der Waals surface area contributed by atoms with Gasteiger partial charge in [0.05, 0.1) is 34.6 Å². The number of phenols is 3. The summed E-state index contributed by atoms with van der Waals surface area (Å²) >= 11 is 6.66. The van der Waals surface area contributed by atoms with Crippen molar-refractivity contribution in [2.75, 3.05) is 7.11 Å². The van der Waals surface area contributed by atoms with Gasteiger partial charge in [0.25, 0.3) is 5.56 Å². The molecule has 0 amide bonds. The first-order valence-electron chi connectivity index (χ1n) is 12.9. The van der Waals surface area contributed by atoms with E-state index in [2.05, 4.69) is 0 Å². The summed E-state index contributed by atoms with van der Waals surface area (Å²) in [7, 11) is 2.78. The normalized spacial score (nSPS) is 19.0. The van der Waals surface area contributed by atoms with Crippen molar-refractivity contribution in [3.8, 4) is 23.0 Å². The molecule has 3 aromatic carbocycles. The largest absolute Gasteiger partial charge is 0.507 e. The van der Waals surface area contributed by atoms with Crippen LogP contribution in [-0.2, 0) is 13.5 Å². The van der Waals surface area contributed by atoms with Crippen molar-refractivity contribution in [3.63, 3.8) is 0 Å². The summed E-state index contributed by atoms with van der Waals surface area (Å²) < 4.78 is 12.7. The van der Waals surface area contributed by atoms with Crippen LogP contribution in [0.25, 0.3) is 43.3 Å². The van der Waals surface area contributed by atoms with Crippen LogP contribution in [-0.4, -0.2) is 48.4 Å². The number of benzene rings is 3. The van der Waals surface area contributed by atoms with Gasteiger partial charge < -0.3 is 44.4 Å². The molecule has 0 aliphatic heterocycles. The minimum absolute atomic E-state index is 0.0324. The molecule has 12 heteroatoms. The standard InChI is InChI=1S/C29H26ClNO10/c1-4-5-11-20(30)16-17(29(39)31(11)2)23(36)14-9(21(16)34)6-7-10-15(14)24(37)19-25(38)18-22(35)12(32)8-13(33)27(18)41-28(19)26(10)40-3/h6-7,12-13,22,32-37H,4-5,8H2,1-3H3/t12-,13-,22-/m0/s1. The summed E-state index contributed by atoms with van der Waals surface area (Å²) in [6.07, 6.45) is -3.76. The minimum atomic E-state index is -1.70. The van der Waals surface area contributed by atoms with Crippen LogP contribution in [0.5, 0.6) is 23.0 Å². The van der Waals surface area contributed by atoms with E-state index in [1.54, 1.807) is 0 Å². The molecule has 1 aliphatic rings. The van der Waals surface area contributed by atoms with Crippen molar-refractivity contribution in [1.82, 2.24) is 4.57 Å². The molecule has 5 aromatic rings. The smallest absolute Gasteiger partial charge is 0.262 e. The number of hydrogen-bond donors (Lipinski definition) is 6. The third-order valence-corrected chi connectivity index (χ3v) is 8.44. The Balaban J connectivity index is 1.88. The first kappa shape index (κ1) is 27.2. The van der Waals surface area contributed by atoms with Gasteiger partial charge in [0.15, 0.2) is 11.3 Å². The Labute approximate surface area is 235 Å². The monoisotopic (exact) mass is 583 g/mol. The summed E-state index contributed by atoms with van der Waals surface area (Å²) in [5.74, 6) is -2.02. The number of hydrogen-bond acceptors (Lipinski definition) is 10. The number of halogens is 1. The lowest BCUT2D eigenvalue weighted by Gasteiger charge is -2.28. The van der Waals surface area contributed by atoms with Gasteiger partial charge in [-0.2, -0.15) is 0 Å². The number of fused-ring (bicyclic) bond motifs is 6. The topological polar surface area (TPSA) is 183 Å². The molecule has 6 N–H and O–H groups in total. The number of aliphatic hydroxyl groups is 3. The van der Waals surface area contributed by atoms with Crippen molar-refractivity contribution in [3.05, 3.63) is 54.8 Å². The molecule has 0 bridgehead atoms. The number of phenolic OH excluding ortho intramolecular Hbond substituents is 3. The third kappa shape index (κ3) is 3.43. The lowest BCUT2D eigenvalue weighted by molar-refractivity contribution is -0.0373. The van der Waals surface area contributed by atoms with E-state index in [1.807, 2.05) is 6.92 Å². The lowest BCUT2D eigenvalue weighted by Crippen LogP contribution is -2.33. The molecule has 2 aromatic heterocycles. The lowest BCUT2D eigenvalue weighted by atomic mass is 9.88. The van der Waals surface area contributed by atoms with Crippen LogP contribution in [0.15, 0.2) is 26.1 Å². The van der Waals surface area contributed by atoms with E-state index < -0.39 is 57.5 Å². The fourth-order valence-corrected chi connectivity index (χ4v) is 6.48. The molecular weight excluding hydrogens is 558 g/mol. The predicted molar refractivity (Wildman–Crippen MR) is 151 cm³/mol. The summed E-state index contributed by atoms with van der Waals surface area (Å²) in [6, 6.07) is 2.91. The molecule has 1 aliphatic carbocycles. The summed E-state index contributed by atoms with van der Waals surface area (Å²) in [5.41, 5.74) is -1.76. The minimum Gasteiger partial charge on any atom is -0.507 e. The number of pyridine rings is 1. The van der Waals surface area contributed by atoms with Crippen molar-refractivity contribution in [2.45, 2.75) is 44.5 Å². The van der Waals surface area contributed by atoms with Crippen LogP contribution in [0.4, 0.5) is 0 Å². The average Bonchev–Trinajstić information content (AvgIpc) is 2.94. The molecule has 6 rings (SSSR count). The highest BCUT2D eigenvalue weighted by molar-refractivity contribution is 6.38. The molecule has 0 spiro atoms. The van der Waals surface area contributed by atoms with Crippen LogP contribution in [0.1, 0.15) is 49.0 Å². The number of aromatic hydroxyl groups is 3. The Morgan fingerprint density at radius 3 is 2.27 bits per heavy atom. The summed E-state index contributed by atoms with van der Waals surface area (Å²) in [4.78, 5) is 27.2. The predicted octanol–water partition coefficient (Wildman–Crippen LogP) is 3.51. The molecule has 0 radical (unpaired) electrons. The Kier molecular flexibility index (Phi) is 6.12.